The summed E-state index contributed by atoms with van der Waals surface area (Å²) in [5, 5.41) is 13.9. The molecule has 1 amide bonds. The quantitative estimate of drug-likeness (QED) is 0.0276. The summed E-state index contributed by atoms with van der Waals surface area (Å²) in [6, 6.07) is -0.827. The molecule has 330 valence electrons. The lowest BCUT2D eigenvalue weighted by atomic mass is 10.0. The molecule has 57 heavy (non-hydrogen) atoms. The molecule has 3 atom stereocenters. The highest BCUT2D eigenvalue weighted by Gasteiger charge is 2.24. The molecule has 0 aliphatic rings. The molecule has 0 aliphatic heterocycles. The van der Waals surface area contributed by atoms with Crippen molar-refractivity contribution in [2.24, 2.45) is 0 Å². The maximum atomic E-state index is 12.9. The number of likely N-dealkylation sites (N-methyl/N-ethyl adjacent to an activating group) is 1. The predicted molar refractivity (Wildman–Crippen MR) is 242 cm³/mol. The third-order valence-electron chi connectivity index (χ3n) is 9.71. The van der Waals surface area contributed by atoms with E-state index in [9.17, 15) is 19.4 Å². The molecule has 0 heterocycles. The zero-order chi connectivity index (χ0) is 42.1. The van der Waals surface area contributed by atoms with Crippen LogP contribution in [0.4, 0.5) is 0 Å². The van der Waals surface area contributed by atoms with Gasteiger partial charge in [-0.05, 0) is 64.2 Å². The number of hydrogen-bond acceptors (Lipinski definition) is 6. The number of aliphatic hydroxyl groups excluding tert-OH is 1. The standard InChI is InChI=1S/C48H87N2O6P/c1-6-8-10-12-14-16-18-20-22-23-24-25-26-27-28-30-32-34-36-38-40-42-48(52)49-46(45-56-57(53,54)55-44-43-50(3,4)5)47(51)41-39-37-35-33-31-29-21-19-17-15-13-11-9-7-2/h8,10,14,16,20,22,24-25,27-28,32,34,46-47,51H,6-7,9,11-13,15,17-19,21,23,26,29-31,33,35-45H2,1-5H3,(H-,49,52,53,54)/b10-8-,16-14-,22-20-,25-24-,28-27-,34-32-. The fourth-order valence-electron chi connectivity index (χ4n) is 6.10. The van der Waals surface area contributed by atoms with Gasteiger partial charge < -0.3 is 28.8 Å². The van der Waals surface area contributed by atoms with E-state index in [1.54, 1.807) is 0 Å². The molecule has 0 spiro atoms. The normalized spacial score (nSPS) is 15.0. The highest BCUT2D eigenvalue weighted by molar-refractivity contribution is 7.45. The number of nitrogens with one attached hydrogen (secondary N) is 1. The molecule has 0 saturated heterocycles. The van der Waals surface area contributed by atoms with E-state index < -0.39 is 20.0 Å². The fourth-order valence-corrected chi connectivity index (χ4v) is 6.82. The van der Waals surface area contributed by atoms with Crippen molar-refractivity contribution < 1.29 is 32.9 Å². The Kier molecular flexibility index (Phi) is 38.0. The van der Waals surface area contributed by atoms with Crippen LogP contribution in [0.2, 0.25) is 0 Å². The Morgan fingerprint density at radius 3 is 1.53 bits per heavy atom. The monoisotopic (exact) mass is 819 g/mol. The van der Waals surface area contributed by atoms with Crippen molar-refractivity contribution in [1.82, 2.24) is 5.32 Å². The molecule has 0 aliphatic carbocycles. The van der Waals surface area contributed by atoms with Crippen LogP contribution in [0.5, 0.6) is 0 Å². The molecule has 9 heteroatoms. The van der Waals surface area contributed by atoms with Gasteiger partial charge in [-0.1, -0.05) is 177 Å². The Balaban J connectivity index is 4.46. The summed E-state index contributed by atoms with van der Waals surface area (Å²) < 4.78 is 23.2. The first kappa shape index (κ1) is 54.9. The van der Waals surface area contributed by atoms with Crippen LogP contribution in [-0.2, 0) is 18.4 Å². The molecule has 8 nitrogen and oxygen atoms in total. The molecular weight excluding hydrogens is 732 g/mol. The second-order valence-electron chi connectivity index (χ2n) is 16.4. The lowest BCUT2D eigenvalue weighted by Gasteiger charge is -2.30. The van der Waals surface area contributed by atoms with Gasteiger partial charge in [0.2, 0.25) is 5.91 Å². The smallest absolute Gasteiger partial charge is 0.268 e. The minimum Gasteiger partial charge on any atom is -0.756 e. The summed E-state index contributed by atoms with van der Waals surface area (Å²) in [4.78, 5) is 25.3. The van der Waals surface area contributed by atoms with Crippen LogP contribution in [0.15, 0.2) is 72.9 Å². The van der Waals surface area contributed by atoms with Gasteiger partial charge in [0.1, 0.15) is 13.2 Å². The molecule has 0 saturated carbocycles. The minimum atomic E-state index is -4.58. The van der Waals surface area contributed by atoms with Gasteiger partial charge in [0.25, 0.3) is 7.82 Å². The van der Waals surface area contributed by atoms with Crippen molar-refractivity contribution in [3.05, 3.63) is 72.9 Å². The van der Waals surface area contributed by atoms with Gasteiger partial charge in [0, 0.05) is 6.42 Å². The average molecular weight is 819 g/mol. The number of aliphatic hydroxyl groups is 1. The zero-order valence-corrected chi connectivity index (χ0v) is 38.2. The van der Waals surface area contributed by atoms with Crippen LogP contribution >= 0.6 is 7.82 Å². The third kappa shape index (κ3) is 41.9. The molecule has 0 rings (SSSR count). The van der Waals surface area contributed by atoms with E-state index in [0.717, 1.165) is 70.6 Å². The highest BCUT2D eigenvalue weighted by Crippen LogP contribution is 2.38. The fraction of sp³-hybridized carbons (Fsp3) is 0.729. The van der Waals surface area contributed by atoms with Gasteiger partial charge in [-0.2, -0.15) is 0 Å². The summed E-state index contributed by atoms with van der Waals surface area (Å²) in [7, 11) is 1.26. The van der Waals surface area contributed by atoms with Crippen LogP contribution in [0.3, 0.4) is 0 Å². The molecule has 0 fully saturated rings. The van der Waals surface area contributed by atoms with Crippen molar-refractivity contribution >= 4 is 13.7 Å². The maximum absolute atomic E-state index is 12.9. The number of hydrogen-bond donors (Lipinski definition) is 2. The van der Waals surface area contributed by atoms with E-state index in [0.29, 0.717) is 30.3 Å². The summed E-state index contributed by atoms with van der Waals surface area (Å²) in [6.07, 6.45) is 51.9. The molecule has 0 aromatic carbocycles. The number of phosphoric acid groups is 1. The maximum Gasteiger partial charge on any atom is 0.268 e. The van der Waals surface area contributed by atoms with E-state index in [-0.39, 0.29) is 19.1 Å². The number of carbonyl (C=O) groups excluding carboxylic acids is 1. The largest absolute Gasteiger partial charge is 0.756 e. The first-order valence-electron chi connectivity index (χ1n) is 22.8. The number of unbranched alkanes of at least 4 members (excludes halogenated alkanes) is 15. The van der Waals surface area contributed by atoms with Crippen molar-refractivity contribution in [1.29, 1.82) is 0 Å². The van der Waals surface area contributed by atoms with Crippen LogP contribution in [0, 0.1) is 0 Å². The third-order valence-corrected chi connectivity index (χ3v) is 10.7. The first-order chi connectivity index (χ1) is 27.5. The van der Waals surface area contributed by atoms with Crippen LogP contribution in [0.25, 0.3) is 0 Å². The Bertz CT molecular complexity index is 1160. The van der Waals surface area contributed by atoms with Gasteiger partial charge in [-0.25, -0.2) is 0 Å². The van der Waals surface area contributed by atoms with E-state index >= 15 is 0 Å². The summed E-state index contributed by atoms with van der Waals surface area (Å²) in [6.45, 7) is 4.55. The number of phosphoric ester groups is 1. The van der Waals surface area contributed by atoms with Crippen LogP contribution in [0.1, 0.15) is 174 Å². The Labute approximate surface area is 351 Å². The number of nitrogens with zero attached hydrogens (tertiary/aromatic N) is 1. The average Bonchev–Trinajstić information content (AvgIpc) is 3.16. The van der Waals surface area contributed by atoms with Crippen molar-refractivity contribution in [2.45, 2.75) is 187 Å². The first-order valence-corrected chi connectivity index (χ1v) is 24.2. The number of carbonyl (C=O) groups is 1. The molecule has 0 bridgehead atoms. The van der Waals surface area contributed by atoms with Crippen molar-refractivity contribution in [3.63, 3.8) is 0 Å². The predicted octanol–water partition coefficient (Wildman–Crippen LogP) is 12.2. The van der Waals surface area contributed by atoms with Gasteiger partial charge >= 0.3 is 0 Å². The van der Waals surface area contributed by atoms with Crippen LogP contribution < -0.4 is 10.2 Å². The number of amides is 1. The topological polar surface area (TPSA) is 108 Å². The molecule has 3 unspecified atom stereocenters. The van der Waals surface area contributed by atoms with E-state index in [2.05, 4.69) is 92.1 Å². The Morgan fingerprint density at radius 2 is 1.07 bits per heavy atom. The van der Waals surface area contributed by atoms with Crippen molar-refractivity contribution in [2.75, 3.05) is 40.9 Å². The molecule has 2 N–H and O–H groups in total. The van der Waals surface area contributed by atoms with Crippen LogP contribution in [-0.4, -0.2) is 68.5 Å². The summed E-state index contributed by atoms with van der Waals surface area (Å²) in [5.41, 5.74) is 0. The number of rotatable bonds is 40. The Hall–Kier alpha value is -2.06. The minimum absolute atomic E-state index is 0.000328. The molecular formula is C48H87N2O6P. The van der Waals surface area contributed by atoms with E-state index in [4.69, 9.17) is 9.05 Å². The number of quaternary nitrogens is 1. The van der Waals surface area contributed by atoms with Gasteiger partial charge in [-0.3, -0.25) is 9.36 Å². The van der Waals surface area contributed by atoms with Crippen molar-refractivity contribution in [3.8, 4) is 0 Å². The lowest BCUT2D eigenvalue weighted by Crippen LogP contribution is -2.46. The second-order valence-corrected chi connectivity index (χ2v) is 17.8. The van der Waals surface area contributed by atoms with E-state index in [1.165, 1.54) is 70.6 Å². The molecule has 0 aromatic rings. The zero-order valence-electron chi connectivity index (χ0n) is 37.3. The number of allylic oxidation sites excluding steroid dienone is 12. The van der Waals surface area contributed by atoms with Gasteiger partial charge in [0.05, 0.1) is 39.9 Å². The SMILES string of the molecule is CC/C=C\C/C=C\C/C=C\C/C=C\C/C=C\C/C=C\CCCCC(=O)NC(COP(=O)([O-])OCC[N+](C)(C)C)C(O)CCCCCCCCCCCCCCCC. The van der Waals surface area contributed by atoms with Gasteiger partial charge in [0.15, 0.2) is 0 Å². The van der Waals surface area contributed by atoms with Gasteiger partial charge in [-0.15, -0.1) is 0 Å². The summed E-state index contributed by atoms with van der Waals surface area (Å²) >= 11 is 0. The molecule has 0 aromatic heterocycles. The van der Waals surface area contributed by atoms with E-state index in [1.807, 2.05) is 21.1 Å². The highest BCUT2D eigenvalue weighted by atomic mass is 31.2. The molecule has 0 radical (unpaired) electrons. The second kappa shape index (κ2) is 39.4. The summed E-state index contributed by atoms with van der Waals surface area (Å²) in [5.74, 6) is -0.210. The Morgan fingerprint density at radius 1 is 0.632 bits per heavy atom. The lowest BCUT2D eigenvalue weighted by molar-refractivity contribution is -0.870.